The molecule has 0 saturated carbocycles. The van der Waals surface area contributed by atoms with Crippen LogP contribution in [0.3, 0.4) is 0 Å². The minimum absolute atomic E-state index is 0.0198. The predicted molar refractivity (Wildman–Crippen MR) is 211 cm³/mol. The molecule has 0 atom stereocenters. The number of benzene rings is 5. The first-order valence-electron chi connectivity index (χ1n) is 17.4. The van der Waals surface area contributed by atoms with Gasteiger partial charge in [-0.15, -0.1) is 11.3 Å². The van der Waals surface area contributed by atoms with Crippen LogP contribution >= 0.6 is 11.3 Å². The van der Waals surface area contributed by atoms with E-state index in [1.165, 1.54) is 87.0 Å². The van der Waals surface area contributed by atoms with Gasteiger partial charge in [0.15, 0.2) is 0 Å². The van der Waals surface area contributed by atoms with Crippen LogP contribution in [0, 0.1) is 0 Å². The summed E-state index contributed by atoms with van der Waals surface area (Å²) in [5.74, 6) is 0. The van der Waals surface area contributed by atoms with Gasteiger partial charge in [0.25, 0.3) is 0 Å². The average Bonchev–Trinajstić information content (AvgIpc) is 3.58. The standard InChI is InChI=1S/C44H43BN2S/c1-42(2,3)26-17-20-29(21-18-26)46-36-15-12-14-30-33-24-28(44(7,8)9)25-34-32-23-27(43(4,5)6)19-22-35(32)47(39(33)34)45(38(30)36)41-40(46)31-13-10-11-16-37(31)48-41/h10-25H,1-9H3. The zero-order chi connectivity index (χ0) is 33.5. The summed E-state index contributed by atoms with van der Waals surface area (Å²) in [5, 5.41) is 4.06. The van der Waals surface area contributed by atoms with Crippen molar-refractivity contribution in [1.29, 1.82) is 0 Å². The number of aromatic nitrogens is 1. The van der Waals surface area contributed by atoms with Crippen LogP contribution in [0.15, 0.2) is 97.1 Å². The smallest absolute Gasteiger partial charge is 0.343 e. The maximum Gasteiger partial charge on any atom is 0.343 e. The van der Waals surface area contributed by atoms with E-state index in [2.05, 4.69) is 169 Å². The number of thiophene rings is 1. The minimum atomic E-state index is 0.0198. The summed E-state index contributed by atoms with van der Waals surface area (Å²) >= 11 is 1.97. The molecular weight excluding hydrogens is 599 g/mol. The van der Waals surface area contributed by atoms with Gasteiger partial charge < -0.3 is 9.38 Å². The van der Waals surface area contributed by atoms with Gasteiger partial charge in [-0.05, 0) is 92.5 Å². The molecule has 0 fully saturated rings. The first-order chi connectivity index (χ1) is 22.7. The largest absolute Gasteiger partial charge is 0.375 e. The quantitative estimate of drug-likeness (QED) is 0.162. The van der Waals surface area contributed by atoms with Crippen LogP contribution in [0.25, 0.3) is 43.0 Å². The Morgan fingerprint density at radius 2 is 1.23 bits per heavy atom. The maximum atomic E-state index is 2.71. The van der Waals surface area contributed by atoms with E-state index in [0.29, 0.717) is 0 Å². The van der Waals surface area contributed by atoms with Crippen molar-refractivity contribution < 1.29 is 0 Å². The number of nitrogens with zero attached hydrogens (tertiary/aromatic N) is 2. The van der Waals surface area contributed by atoms with Crippen molar-refractivity contribution in [2.45, 2.75) is 78.6 Å². The van der Waals surface area contributed by atoms with Crippen molar-refractivity contribution in [3.05, 3.63) is 114 Å². The summed E-state index contributed by atoms with van der Waals surface area (Å²) < 4.78 is 5.46. The molecule has 0 spiro atoms. The molecule has 0 bridgehead atoms. The highest BCUT2D eigenvalue weighted by atomic mass is 32.1. The van der Waals surface area contributed by atoms with Crippen molar-refractivity contribution in [2.75, 3.05) is 4.90 Å². The molecule has 0 radical (unpaired) electrons. The molecule has 2 aromatic heterocycles. The molecule has 4 heterocycles. The summed E-state index contributed by atoms with van der Waals surface area (Å²) in [6.07, 6.45) is 0. The van der Waals surface area contributed by atoms with Gasteiger partial charge in [0.05, 0.1) is 5.69 Å². The van der Waals surface area contributed by atoms with Crippen LogP contribution in [0.4, 0.5) is 17.1 Å². The summed E-state index contributed by atoms with van der Waals surface area (Å²) in [6.45, 7) is 21.0. The minimum Gasteiger partial charge on any atom is -0.375 e. The molecule has 9 rings (SSSR count). The normalized spacial score (nSPS) is 14.3. The van der Waals surface area contributed by atoms with Crippen molar-refractivity contribution in [3.8, 4) is 11.1 Å². The lowest BCUT2D eigenvalue weighted by molar-refractivity contribution is 0.590. The summed E-state index contributed by atoms with van der Waals surface area (Å²) in [5.41, 5.74) is 14.9. The zero-order valence-corrected chi connectivity index (χ0v) is 30.4. The van der Waals surface area contributed by atoms with Crippen LogP contribution < -0.4 is 15.1 Å². The second-order valence-electron chi connectivity index (χ2n) is 17.1. The van der Waals surface area contributed by atoms with Crippen LogP contribution in [0.1, 0.15) is 79.0 Å². The Morgan fingerprint density at radius 1 is 0.562 bits per heavy atom. The summed E-state index contributed by atoms with van der Waals surface area (Å²) in [4.78, 5) is 2.56. The van der Waals surface area contributed by atoms with Crippen molar-refractivity contribution in [1.82, 2.24) is 4.48 Å². The lowest BCUT2D eigenvalue weighted by Crippen LogP contribution is -2.55. The van der Waals surface area contributed by atoms with Crippen LogP contribution in [0.2, 0.25) is 0 Å². The summed E-state index contributed by atoms with van der Waals surface area (Å²) in [7, 11) is 0. The molecule has 0 unspecified atom stereocenters. The molecule has 2 aliphatic heterocycles. The Bertz CT molecular complexity index is 2460. The second-order valence-corrected chi connectivity index (χ2v) is 18.2. The highest BCUT2D eigenvalue weighted by Crippen LogP contribution is 2.49. The van der Waals surface area contributed by atoms with Gasteiger partial charge in [-0.25, -0.2) is 0 Å². The number of hydrogen-bond donors (Lipinski definition) is 0. The van der Waals surface area contributed by atoms with E-state index in [1.807, 2.05) is 11.3 Å². The Balaban J connectivity index is 1.43. The van der Waals surface area contributed by atoms with Gasteiger partial charge in [0.1, 0.15) is 0 Å². The maximum absolute atomic E-state index is 2.71. The third-order valence-electron chi connectivity index (χ3n) is 10.8. The van der Waals surface area contributed by atoms with E-state index in [9.17, 15) is 0 Å². The molecular formula is C44H43BN2S. The van der Waals surface area contributed by atoms with E-state index < -0.39 is 0 Å². The fraction of sp³-hybridized carbons (Fsp3) is 0.273. The van der Waals surface area contributed by atoms with E-state index in [1.54, 1.807) is 0 Å². The molecule has 2 aliphatic rings. The molecule has 5 aromatic carbocycles. The van der Waals surface area contributed by atoms with Gasteiger partial charge in [0.2, 0.25) is 0 Å². The fourth-order valence-electron chi connectivity index (χ4n) is 8.17. The monoisotopic (exact) mass is 642 g/mol. The zero-order valence-electron chi connectivity index (χ0n) is 29.6. The highest BCUT2D eigenvalue weighted by Gasteiger charge is 2.45. The second kappa shape index (κ2) is 9.67. The topological polar surface area (TPSA) is 8.17 Å². The highest BCUT2D eigenvalue weighted by molar-refractivity contribution is 7.31. The molecule has 2 nitrogen and oxygen atoms in total. The van der Waals surface area contributed by atoms with Crippen molar-refractivity contribution in [3.63, 3.8) is 0 Å². The Labute approximate surface area is 289 Å². The predicted octanol–water partition coefficient (Wildman–Crippen LogP) is 11.3. The molecule has 7 aromatic rings. The average molecular weight is 643 g/mol. The van der Waals surface area contributed by atoms with Crippen LogP contribution in [-0.4, -0.2) is 11.3 Å². The van der Waals surface area contributed by atoms with E-state index >= 15 is 0 Å². The van der Waals surface area contributed by atoms with Gasteiger partial charge >= 0.3 is 6.85 Å². The van der Waals surface area contributed by atoms with E-state index in [-0.39, 0.29) is 23.1 Å². The Morgan fingerprint density at radius 3 is 1.94 bits per heavy atom. The number of hydrogen-bond acceptors (Lipinski definition) is 2. The van der Waals surface area contributed by atoms with E-state index in [0.717, 1.165) is 0 Å². The lowest BCUT2D eigenvalue weighted by Gasteiger charge is -2.39. The molecule has 0 aliphatic carbocycles. The molecule has 238 valence electrons. The van der Waals surface area contributed by atoms with Gasteiger partial charge in [-0.1, -0.05) is 111 Å². The van der Waals surface area contributed by atoms with Crippen molar-refractivity contribution >= 4 is 77.4 Å². The van der Waals surface area contributed by atoms with Gasteiger partial charge in [-0.2, -0.15) is 0 Å². The lowest BCUT2D eigenvalue weighted by atomic mass is 9.48. The third kappa shape index (κ3) is 4.11. The third-order valence-corrected chi connectivity index (χ3v) is 12.0. The molecule has 0 N–H and O–H groups in total. The molecule has 4 heteroatoms. The fourth-order valence-corrected chi connectivity index (χ4v) is 9.46. The molecule has 0 amide bonds. The van der Waals surface area contributed by atoms with Crippen molar-refractivity contribution in [2.24, 2.45) is 0 Å². The SMILES string of the molecule is CC(C)(C)c1ccc(N2c3cccc4c3B(c3sc5ccccc5c32)n2c3ccc(C(C)(C)C)cc3c3cc(C(C)(C)C)cc-4c32)cc1. The Hall–Kier alpha value is -4.28. The molecule has 48 heavy (non-hydrogen) atoms. The Kier molecular flexibility index (Phi) is 6.01. The van der Waals surface area contributed by atoms with Gasteiger partial charge in [-0.3, -0.25) is 0 Å². The first kappa shape index (κ1) is 29.8. The van der Waals surface area contributed by atoms with E-state index in [4.69, 9.17) is 0 Å². The van der Waals surface area contributed by atoms with Crippen LogP contribution in [0.5, 0.6) is 0 Å². The van der Waals surface area contributed by atoms with Gasteiger partial charge in [0, 0.05) is 53.6 Å². The molecule has 0 saturated heterocycles. The number of fused-ring (bicyclic) bond motifs is 9. The summed E-state index contributed by atoms with van der Waals surface area (Å²) in [6, 6.07) is 37.6. The first-order valence-corrected chi connectivity index (χ1v) is 18.2. The number of anilines is 3. The van der Waals surface area contributed by atoms with Crippen LogP contribution in [-0.2, 0) is 16.2 Å². The number of rotatable bonds is 1.